The molecule has 4 nitrogen and oxygen atoms in total. The van der Waals surface area contributed by atoms with E-state index in [1.807, 2.05) is 38.4 Å². The second-order valence-electron chi connectivity index (χ2n) is 5.24. The highest BCUT2D eigenvalue weighted by Crippen LogP contribution is 2.18. The van der Waals surface area contributed by atoms with Gasteiger partial charge in [0.05, 0.1) is 10.6 Å². The molecule has 1 amide bonds. The van der Waals surface area contributed by atoms with Crippen LogP contribution in [0.3, 0.4) is 0 Å². The molecular formula is C17H20ClN3O. The van der Waals surface area contributed by atoms with Crippen LogP contribution < -0.4 is 10.6 Å². The smallest absolute Gasteiger partial charge is 0.257 e. The van der Waals surface area contributed by atoms with Gasteiger partial charge in [-0.3, -0.25) is 4.79 Å². The van der Waals surface area contributed by atoms with Gasteiger partial charge in [-0.2, -0.15) is 0 Å². The van der Waals surface area contributed by atoms with Crippen molar-refractivity contribution in [3.8, 4) is 0 Å². The van der Waals surface area contributed by atoms with Gasteiger partial charge >= 0.3 is 0 Å². The van der Waals surface area contributed by atoms with Gasteiger partial charge in [0, 0.05) is 24.5 Å². The summed E-state index contributed by atoms with van der Waals surface area (Å²) in [5, 5.41) is 6.61. The number of benzene rings is 2. The Labute approximate surface area is 136 Å². The molecule has 0 unspecified atom stereocenters. The van der Waals surface area contributed by atoms with Crippen molar-refractivity contribution >= 4 is 28.9 Å². The molecule has 0 saturated heterocycles. The van der Waals surface area contributed by atoms with Gasteiger partial charge in [0.2, 0.25) is 0 Å². The first kappa shape index (κ1) is 16.3. The third-order valence-electron chi connectivity index (χ3n) is 3.15. The first-order chi connectivity index (χ1) is 10.6. The summed E-state index contributed by atoms with van der Waals surface area (Å²) in [6.45, 7) is 1.84. The van der Waals surface area contributed by atoms with Crippen LogP contribution in [0.4, 0.5) is 11.4 Å². The van der Waals surface area contributed by atoms with E-state index in [1.165, 1.54) is 0 Å². The number of hydrogen-bond donors (Lipinski definition) is 2. The molecule has 22 heavy (non-hydrogen) atoms. The third-order valence-corrected chi connectivity index (χ3v) is 3.48. The van der Waals surface area contributed by atoms with Crippen LogP contribution in [0.2, 0.25) is 5.02 Å². The second-order valence-corrected chi connectivity index (χ2v) is 5.65. The highest BCUT2D eigenvalue weighted by atomic mass is 35.5. The molecule has 0 saturated carbocycles. The zero-order valence-electron chi connectivity index (χ0n) is 12.8. The van der Waals surface area contributed by atoms with Crippen molar-refractivity contribution in [1.82, 2.24) is 4.90 Å². The summed E-state index contributed by atoms with van der Waals surface area (Å²) < 4.78 is 0. The van der Waals surface area contributed by atoms with E-state index in [2.05, 4.69) is 15.5 Å². The summed E-state index contributed by atoms with van der Waals surface area (Å²) >= 11 is 6.02. The van der Waals surface area contributed by atoms with Crippen molar-refractivity contribution in [2.75, 3.05) is 37.8 Å². The van der Waals surface area contributed by atoms with E-state index in [4.69, 9.17) is 11.6 Å². The zero-order valence-corrected chi connectivity index (χ0v) is 13.5. The van der Waals surface area contributed by atoms with E-state index < -0.39 is 0 Å². The molecule has 2 aromatic carbocycles. The highest BCUT2D eigenvalue weighted by Gasteiger charge is 2.09. The lowest BCUT2D eigenvalue weighted by molar-refractivity contribution is 0.102. The maximum atomic E-state index is 12.2. The van der Waals surface area contributed by atoms with Gasteiger partial charge in [-0.15, -0.1) is 0 Å². The topological polar surface area (TPSA) is 44.4 Å². The summed E-state index contributed by atoms with van der Waals surface area (Å²) in [5.41, 5.74) is 2.23. The van der Waals surface area contributed by atoms with Crippen LogP contribution >= 0.6 is 11.6 Å². The van der Waals surface area contributed by atoms with Gasteiger partial charge in [-0.1, -0.05) is 23.7 Å². The molecule has 116 valence electrons. The van der Waals surface area contributed by atoms with Crippen molar-refractivity contribution in [3.63, 3.8) is 0 Å². The average molecular weight is 318 g/mol. The molecule has 0 bridgehead atoms. The fourth-order valence-corrected chi connectivity index (χ4v) is 2.16. The van der Waals surface area contributed by atoms with E-state index in [9.17, 15) is 4.79 Å². The van der Waals surface area contributed by atoms with Crippen LogP contribution in [0, 0.1) is 0 Å². The van der Waals surface area contributed by atoms with Crippen LogP contribution in [0.5, 0.6) is 0 Å². The number of carbonyl (C=O) groups is 1. The van der Waals surface area contributed by atoms with Gasteiger partial charge in [0.1, 0.15) is 0 Å². The summed E-state index contributed by atoms with van der Waals surface area (Å²) in [5.74, 6) is -0.209. The van der Waals surface area contributed by atoms with Crippen molar-refractivity contribution in [2.24, 2.45) is 0 Å². The molecule has 0 atom stereocenters. The van der Waals surface area contributed by atoms with Crippen LogP contribution in [0.1, 0.15) is 10.4 Å². The number of nitrogens with zero attached hydrogens (tertiary/aromatic N) is 1. The number of nitrogens with one attached hydrogen (secondary N) is 2. The average Bonchev–Trinajstić information content (AvgIpc) is 2.49. The number of hydrogen-bond acceptors (Lipinski definition) is 3. The Hall–Kier alpha value is -2.04. The van der Waals surface area contributed by atoms with Gasteiger partial charge in [0.15, 0.2) is 0 Å². The standard InChI is InChI=1S/C17H20ClN3O/c1-21(2)12-11-19-13-7-9-14(10-8-13)20-17(22)15-5-3-4-6-16(15)18/h3-10,19H,11-12H2,1-2H3,(H,20,22). The minimum absolute atomic E-state index is 0.209. The molecular weight excluding hydrogens is 298 g/mol. The van der Waals surface area contributed by atoms with Crippen molar-refractivity contribution in [1.29, 1.82) is 0 Å². The summed E-state index contributed by atoms with van der Waals surface area (Å²) in [7, 11) is 4.07. The minimum Gasteiger partial charge on any atom is -0.384 e. The van der Waals surface area contributed by atoms with Crippen LogP contribution in [0.15, 0.2) is 48.5 Å². The van der Waals surface area contributed by atoms with Crippen LogP contribution in [-0.4, -0.2) is 38.0 Å². The number of halogens is 1. The van der Waals surface area contributed by atoms with Crippen LogP contribution in [-0.2, 0) is 0 Å². The summed E-state index contributed by atoms with van der Waals surface area (Å²) in [4.78, 5) is 14.3. The zero-order chi connectivity index (χ0) is 15.9. The highest BCUT2D eigenvalue weighted by molar-refractivity contribution is 6.34. The Morgan fingerprint density at radius 1 is 1.05 bits per heavy atom. The Kier molecular flexibility index (Phi) is 5.81. The molecule has 2 N–H and O–H groups in total. The van der Waals surface area contributed by atoms with Gasteiger partial charge in [-0.05, 0) is 50.5 Å². The molecule has 0 spiro atoms. The lowest BCUT2D eigenvalue weighted by atomic mass is 10.2. The van der Waals surface area contributed by atoms with E-state index in [-0.39, 0.29) is 5.91 Å². The Morgan fingerprint density at radius 2 is 1.68 bits per heavy atom. The molecule has 0 aliphatic heterocycles. The molecule has 2 rings (SSSR count). The molecule has 0 aliphatic rings. The van der Waals surface area contributed by atoms with Crippen molar-refractivity contribution in [3.05, 3.63) is 59.1 Å². The summed E-state index contributed by atoms with van der Waals surface area (Å²) in [6, 6.07) is 14.6. The number of carbonyl (C=O) groups excluding carboxylic acids is 1. The Bertz CT molecular complexity index is 626. The predicted octanol–water partition coefficient (Wildman–Crippen LogP) is 3.57. The SMILES string of the molecule is CN(C)CCNc1ccc(NC(=O)c2ccccc2Cl)cc1. The normalized spacial score (nSPS) is 10.5. The maximum absolute atomic E-state index is 12.2. The first-order valence-electron chi connectivity index (χ1n) is 7.11. The van der Waals surface area contributed by atoms with Crippen molar-refractivity contribution < 1.29 is 4.79 Å². The number of amides is 1. The Balaban J connectivity index is 1.94. The monoisotopic (exact) mass is 317 g/mol. The van der Waals surface area contributed by atoms with E-state index in [1.54, 1.807) is 24.3 Å². The van der Waals surface area contributed by atoms with E-state index in [0.29, 0.717) is 10.6 Å². The molecule has 2 aromatic rings. The fraction of sp³-hybridized carbons (Fsp3) is 0.235. The quantitative estimate of drug-likeness (QED) is 0.856. The number of anilines is 2. The lowest BCUT2D eigenvalue weighted by Crippen LogP contribution is -2.20. The minimum atomic E-state index is -0.209. The molecule has 5 heteroatoms. The molecule has 0 heterocycles. The fourth-order valence-electron chi connectivity index (χ4n) is 1.94. The summed E-state index contributed by atoms with van der Waals surface area (Å²) in [6.07, 6.45) is 0. The predicted molar refractivity (Wildman–Crippen MR) is 92.9 cm³/mol. The number of likely N-dealkylation sites (N-methyl/N-ethyl adjacent to an activating group) is 1. The first-order valence-corrected chi connectivity index (χ1v) is 7.48. The second kappa shape index (κ2) is 7.82. The molecule has 0 aliphatic carbocycles. The van der Waals surface area contributed by atoms with E-state index in [0.717, 1.165) is 24.5 Å². The Morgan fingerprint density at radius 3 is 2.32 bits per heavy atom. The van der Waals surface area contributed by atoms with E-state index >= 15 is 0 Å². The lowest BCUT2D eigenvalue weighted by Gasteiger charge is -2.12. The van der Waals surface area contributed by atoms with Gasteiger partial charge in [0.25, 0.3) is 5.91 Å². The maximum Gasteiger partial charge on any atom is 0.257 e. The molecule has 0 radical (unpaired) electrons. The van der Waals surface area contributed by atoms with Crippen molar-refractivity contribution in [2.45, 2.75) is 0 Å². The van der Waals surface area contributed by atoms with Crippen LogP contribution in [0.25, 0.3) is 0 Å². The molecule has 0 fully saturated rings. The largest absolute Gasteiger partial charge is 0.384 e. The number of rotatable bonds is 6. The van der Waals surface area contributed by atoms with Gasteiger partial charge in [-0.25, -0.2) is 0 Å². The third kappa shape index (κ3) is 4.76. The van der Waals surface area contributed by atoms with Gasteiger partial charge < -0.3 is 15.5 Å². The molecule has 0 aromatic heterocycles.